The first-order valence-corrected chi connectivity index (χ1v) is 6.97. The first-order valence-electron chi connectivity index (χ1n) is 6.97. The molecular weight excluding hydrogens is 214 g/mol. The molecule has 0 heterocycles. The molecule has 1 atom stereocenters. The normalized spacial score (nSPS) is 12.8. The highest BCUT2D eigenvalue weighted by Crippen LogP contribution is 2.02. The second kappa shape index (κ2) is 10.6. The van der Waals surface area contributed by atoms with E-state index in [9.17, 15) is 4.79 Å². The molecule has 0 radical (unpaired) electrons. The van der Waals surface area contributed by atoms with Gasteiger partial charge in [0.25, 0.3) is 0 Å². The van der Waals surface area contributed by atoms with E-state index in [2.05, 4.69) is 19.2 Å². The Hall–Kier alpha value is -0.570. The smallest absolute Gasteiger partial charge is 0.222 e. The Kier molecular flexibility index (Phi) is 10.2. The van der Waals surface area contributed by atoms with Gasteiger partial charge in [0.15, 0.2) is 0 Å². The molecule has 0 saturated heterocycles. The summed E-state index contributed by atoms with van der Waals surface area (Å²) in [5, 5.41) is 2.97. The number of nitrogens with one attached hydrogen (secondary N) is 1. The van der Waals surface area contributed by atoms with Gasteiger partial charge < -0.3 is 10.1 Å². The highest BCUT2D eigenvalue weighted by atomic mass is 16.5. The van der Waals surface area contributed by atoms with Gasteiger partial charge in [-0.25, -0.2) is 0 Å². The average molecular weight is 245 g/mol. The molecule has 1 amide bonds. The van der Waals surface area contributed by atoms with Crippen LogP contribution in [0.1, 0.15) is 61.2 Å². The topological polar surface area (TPSA) is 38.3 Å². The van der Waals surface area contributed by atoms with Crippen LogP contribution in [0.25, 0.3) is 0 Å². The summed E-state index contributed by atoms with van der Waals surface area (Å²) in [6.07, 6.45) is 5.80. The van der Waals surface area contributed by atoms with Gasteiger partial charge in [-0.1, -0.05) is 26.7 Å². The fourth-order valence-electron chi connectivity index (χ4n) is 1.47. The van der Waals surface area contributed by atoms with Crippen LogP contribution in [-0.4, -0.2) is 25.2 Å². The van der Waals surface area contributed by atoms with E-state index in [0.717, 1.165) is 32.4 Å². The molecule has 0 rings (SSSR count). The molecule has 3 nitrogen and oxygen atoms in total. The van der Waals surface area contributed by atoms with E-state index in [1.165, 1.54) is 12.8 Å². The maximum Gasteiger partial charge on any atom is 0.222 e. The Bertz CT molecular complexity index is 198. The minimum atomic E-state index is 0. The standard InChI is InChI=1S/C14H29NO2.H2/c1-5-13(4)14(16)15-10-8-6-7-9-11-17-12(2)3;/h12-13H,5-11H2,1-4H3,(H,15,16);1H. The van der Waals surface area contributed by atoms with Crippen LogP contribution in [-0.2, 0) is 9.53 Å². The van der Waals surface area contributed by atoms with Crippen LogP contribution in [0.15, 0.2) is 0 Å². The zero-order chi connectivity index (χ0) is 13.1. The molecule has 104 valence electrons. The molecule has 0 fully saturated rings. The van der Waals surface area contributed by atoms with Crippen molar-refractivity contribution in [3.63, 3.8) is 0 Å². The fraction of sp³-hybridized carbons (Fsp3) is 0.929. The van der Waals surface area contributed by atoms with Gasteiger partial charge in [-0.2, -0.15) is 0 Å². The van der Waals surface area contributed by atoms with E-state index < -0.39 is 0 Å². The monoisotopic (exact) mass is 245 g/mol. The summed E-state index contributed by atoms with van der Waals surface area (Å²) in [5.41, 5.74) is 0. The average Bonchev–Trinajstić information content (AvgIpc) is 2.30. The number of rotatable bonds is 10. The Morgan fingerprint density at radius 2 is 1.82 bits per heavy atom. The van der Waals surface area contributed by atoms with E-state index in [1.54, 1.807) is 0 Å². The number of carbonyl (C=O) groups excluding carboxylic acids is 1. The molecule has 0 aromatic rings. The molecule has 0 aliphatic carbocycles. The highest BCUT2D eigenvalue weighted by molar-refractivity contribution is 5.78. The van der Waals surface area contributed by atoms with Gasteiger partial charge in [0, 0.05) is 20.5 Å². The van der Waals surface area contributed by atoms with Crippen molar-refractivity contribution in [1.82, 2.24) is 5.32 Å². The fourth-order valence-corrected chi connectivity index (χ4v) is 1.47. The summed E-state index contributed by atoms with van der Waals surface area (Å²) in [7, 11) is 0. The van der Waals surface area contributed by atoms with Crippen LogP contribution in [0.2, 0.25) is 0 Å². The second-order valence-electron chi connectivity index (χ2n) is 4.93. The third-order valence-electron chi connectivity index (χ3n) is 2.88. The Labute approximate surface area is 108 Å². The second-order valence-corrected chi connectivity index (χ2v) is 4.93. The van der Waals surface area contributed by atoms with Crippen LogP contribution < -0.4 is 5.32 Å². The lowest BCUT2D eigenvalue weighted by molar-refractivity contribution is -0.124. The zero-order valence-electron chi connectivity index (χ0n) is 11.9. The number of hydrogen-bond acceptors (Lipinski definition) is 2. The first-order chi connectivity index (χ1) is 8.07. The van der Waals surface area contributed by atoms with E-state index in [1.807, 2.05) is 13.8 Å². The predicted octanol–water partition coefficient (Wildman–Crippen LogP) is 3.38. The maximum atomic E-state index is 11.5. The molecule has 0 aliphatic rings. The van der Waals surface area contributed by atoms with Crippen molar-refractivity contribution in [3.8, 4) is 0 Å². The van der Waals surface area contributed by atoms with Crippen LogP contribution in [0.4, 0.5) is 0 Å². The van der Waals surface area contributed by atoms with E-state index in [0.29, 0.717) is 6.10 Å². The summed E-state index contributed by atoms with van der Waals surface area (Å²) in [5.74, 6) is 0.338. The van der Waals surface area contributed by atoms with Crippen molar-refractivity contribution >= 4 is 5.91 Å². The van der Waals surface area contributed by atoms with Crippen molar-refractivity contribution in [1.29, 1.82) is 0 Å². The van der Waals surface area contributed by atoms with Gasteiger partial charge in [-0.3, -0.25) is 4.79 Å². The number of amides is 1. The maximum absolute atomic E-state index is 11.5. The summed E-state index contributed by atoms with van der Waals surface area (Å²) >= 11 is 0. The van der Waals surface area contributed by atoms with Crippen LogP contribution in [0.3, 0.4) is 0 Å². The number of carbonyl (C=O) groups is 1. The van der Waals surface area contributed by atoms with E-state index in [4.69, 9.17) is 4.74 Å². The Balaban J connectivity index is 0. The molecule has 3 heteroatoms. The molecular formula is C14H31NO2. The lowest BCUT2D eigenvalue weighted by Crippen LogP contribution is -2.29. The van der Waals surface area contributed by atoms with Crippen LogP contribution >= 0.6 is 0 Å². The first kappa shape index (κ1) is 16.4. The lowest BCUT2D eigenvalue weighted by atomic mass is 10.1. The summed E-state index contributed by atoms with van der Waals surface area (Å²) in [6.45, 7) is 9.80. The van der Waals surface area contributed by atoms with Crippen LogP contribution in [0.5, 0.6) is 0 Å². The highest BCUT2D eigenvalue weighted by Gasteiger charge is 2.08. The van der Waals surface area contributed by atoms with Crippen molar-refractivity contribution in [2.75, 3.05) is 13.2 Å². The third-order valence-corrected chi connectivity index (χ3v) is 2.88. The van der Waals surface area contributed by atoms with Crippen molar-refractivity contribution in [2.45, 2.75) is 65.9 Å². The van der Waals surface area contributed by atoms with Crippen molar-refractivity contribution < 1.29 is 11.0 Å². The minimum Gasteiger partial charge on any atom is -0.379 e. The number of unbranched alkanes of at least 4 members (excludes halogenated alkanes) is 3. The van der Waals surface area contributed by atoms with Gasteiger partial charge >= 0.3 is 0 Å². The Morgan fingerprint density at radius 3 is 2.41 bits per heavy atom. The molecule has 17 heavy (non-hydrogen) atoms. The third kappa shape index (κ3) is 10.3. The molecule has 0 bridgehead atoms. The van der Waals surface area contributed by atoms with Crippen molar-refractivity contribution in [3.05, 3.63) is 0 Å². The van der Waals surface area contributed by atoms with Gasteiger partial charge in [0.05, 0.1) is 6.10 Å². The summed E-state index contributed by atoms with van der Waals surface area (Å²) in [6, 6.07) is 0. The van der Waals surface area contributed by atoms with Gasteiger partial charge in [0.2, 0.25) is 5.91 Å². The number of hydrogen-bond donors (Lipinski definition) is 1. The molecule has 0 spiro atoms. The van der Waals surface area contributed by atoms with Crippen LogP contribution in [0, 0.1) is 5.92 Å². The van der Waals surface area contributed by atoms with Crippen molar-refractivity contribution in [2.24, 2.45) is 5.92 Å². The summed E-state index contributed by atoms with van der Waals surface area (Å²) < 4.78 is 5.46. The zero-order valence-corrected chi connectivity index (χ0v) is 11.9. The Morgan fingerprint density at radius 1 is 1.18 bits per heavy atom. The molecule has 1 unspecified atom stereocenters. The molecule has 1 N–H and O–H groups in total. The molecule has 0 saturated carbocycles. The van der Waals surface area contributed by atoms with Gasteiger partial charge in [0.1, 0.15) is 0 Å². The SMILES string of the molecule is CCC(C)C(=O)NCCCCCCOC(C)C.[HH]. The van der Waals surface area contributed by atoms with E-state index in [-0.39, 0.29) is 13.3 Å². The molecule has 0 aromatic carbocycles. The quantitative estimate of drug-likeness (QED) is 0.599. The predicted molar refractivity (Wildman–Crippen MR) is 74.1 cm³/mol. The molecule has 0 aromatic heterocycles. The largest absolute Gasteiger partial charge is 0.379 e. The lowest BCUT2D eigenvalue weighted by Gasteiger charge is -2.10. The minimum absolute atomic E-state index is 0. The van der Waals surface area contributed by atoms with Gasteiger partial charge in [-0.05, 0) is 33.1 Å². The summed E-state index contributed by atoms with van der Waals surface area (Å²) in [4.78, 5) is 11.5. The van der Waals surface area contributed by atoms with Gasteiger partial charge in [-0.15, -0.1) is 0 Å². The number of ether oxygens (including phenoxy) is 1. The van der Waals surface area contributed by atoms with E-state index >= 15 is 0 Å². The molecule has 0 aliphatic heterocycles.